The number of aliphatic hydroxyl groups is 1. The predicted molar refractivity (Wildman–Crippen MR) is 103 cm³/mol. The molecule has 0 fully saturated rings. The van der Waals surface area contributed by atoms with E-state index in [9.17, 15) is 5.11 Å². The van der Waals surface area contributed by atoms with E-state index in [0.29, 0.717) is 13.2 Å². The molecule has 0 spiro atoms. The molecule has 0 aromatic heterocycles. The molecule has 0 unspecified atom stereocenters. The molecule has 3 nitrogen and oxygen atoms in total. The first kappa shape index (κ1) is 19.3. The van der Waals surface area contributed by atoms with Gasteiger partial charge >= 0.3 is 0 Å². The summed E-state index contributed by atoms with van der Waals surface area (Å²) in [5, 5.41) is 9.97. The van der Waals surface area contributed by atoms with Crippen LogP contribution in [0, 0.1) is 0 Å². The number of nitrogens with zero attached hydrogens (tertiary/aromatic N) is 1. The fourth-order valence-electron chi connectivity index (χ4n) is 2.52. The highest BCUT2D eigenvalue weighted by atomic mass is 79.9. The van der Waals surface area contributed by atoms with Crippen molar-refractivity contribution in [2.75, 3.05) is 19.7 Å². The Hall–Kier alpha value is -1.07. The molecule has 0 heterocycles. The molecule has 0 saturated heterocycles. The normalized spacial score (nSPS) is 11.0. The molecule has 1 N–H and O–H groups in total. The van der Waals surface area contributed by atoms with Crippen molar-refractivity contribution in [1.29, 1.82) is 0 Å². The summed E-state index contributed by atoms with van der Waals surface area (Å²) in [5.41, 5.74) is 2.19. The van der Waals surface area contributed by atoms with E-state index in [-0.39, 0.29) is 6.61 Å². The van der Waals surface area contributed by atoms with Gasteiger partial charge in [0.2, 0.25) is 0 Å². The van der Waals surface area contributed by atoms with E-state index in [2.05, 4.69) is 33.8 Å². The molecule has 5 heteroatoms. The van der Waals surface area contributed by atoms with Gasteiger partial charge in [-0.3, -0.25) is 4.90 Å². The van der Waals surface area contributed by atoms with Crippen molar-refractivity contribution in [3.63, 3.8) is 0 Å². The van der Waals surface area contributed by atoms with E-state index in [1.807, 2.05) is 36.4 Å². The van der Waals surface area contributed by atoms with Crippen LogP contribution in [-0.4, -0.2) is 29.7 Å². The number of hydrogen-bond acceptors (Lipinski definition) is 3. The van der Waals surface area contributed by atoms with Crippen LogP contribution < -0.4 is 4.74 Å². The number of rotatable bonds is 9. The fourth-order valence-corrected chi connectivity index (χ4v) is 3.06. The van der Waals surface area contributed by atoms with Crippen LogP contribution in [0.3, 0.4) is 0 Å². The molecule has 0 radical (unpaired) electrons. The van der Waals surface area contributed by atoms with E-state index >= 15 is 0 Å². The lowest BCUT2D eigenvalue weighted by molar-refractivity contribution is 0.187. The van der Waals surface area contributed by atoms with Gasteiger partial charge in [-0.15, -0.1) is 0 Å². The predicted octanol–water partition coefficient (Wildman–Crippen LogP) is 4.89. The van der Waals surface area contributed by atoms with Gasteiger partial charge in [0.05, 0.1) is 6.61 Å². The summed E-state index contributed by atoms with van der Waals surface area (Å²) in [5.74, 6) is 0.868. The molecule has 0 saturated carbocycles. The maximum Gasteiger partial charge on any atom is 0.124 e. The second-order valence-corrected chi connectivity index (χ2v) is 7.02. The third-order valence-electron chi connectivity index (χ3n) is 3.68. The zero-order chi connectivity index (χ0) is 17.4. The second-order valence-electron chi connectivity index (χ2n) is 5.67. The van der Waals surface area contributed by atoms with Crippen LogP contribution in [0.1, 0.15) is 24.5 Å². The minimum Gasteiger partial charge on any atom is -0.489 e. The molecule has 24 heavy (non-hydrogen) atoms. The van der Waals surface area contributed by atoms with Crippen LogP contribution in [0.5, 0.6) is 5.75 Å². The first-order chi connectivity index (χ1) is 11.6. The van der Waals surface area contributed by atoms with Gasteiger partial charge in [0, 0.05) is 28.1 Å². The van der Waals surface area contributed by atoms with Crippen molar-refractivity contribution >= 4 is 27.5 Å². The summed E-state index contributed by atoms with van der Waals surface area (Å²) >= 11 is 9.45. The van der Waals surface area contributed by atoms with Gasteiger partial charge in [-0.05, 0) is 48.9 Å². The fraction of sp³-hybridized carbons (Fsp3) is 0.368. The Morgan fingerprint density at radius 3 is 2.54 bits per heavy atom. The van der Waals surface area contributed by atoms with E-state index in [1.54, 1.807) is 0 Å². The summed E-state index contributed by atoms with van der Waals surface area (Å²) in [6.07, 6.45) is 1.05. The number of benzene rings is 2. The van der Waals surface area contributed by atoms with Crippen molar-refractivity contribution < 1.29 is 9.84 Å². The topological polar surface area (TPSA) is 32.7 Å². The lowest BCUT2D eigenvalue weighted by atomic mass is 10.1. The van der Waals surface area contributed by atoms with Gasteiger partial charge in [0.1, 0.15) is 12.4 Å². The SMILES string of the molecule is CCCN(CCO)Cc1cc(Br)ccc1OCc1ccc(Cl)cc1. The summed E-state index contributed by atoms with van der Waals surface area (Å²) in [6.45, 7) is 5.17. The Kier molecular flexibility index (Phi) is 8.06. The van der Waals surface area contributed by atoms with Gasteiger partial charge in [-0.25, -0.2) is 0 Å². The smallest absolute Gasteiger partial charge is 0.124 e. The van der Waals surface area contributed by atoms with Crippen molar-refractivity contribution in [3.8, 4) is 5.75 Å². The number of hydrogen-bond donors (Lipinski definition) is 1. The minimum absolute atomic E-state index is 0.162. The quantitative estimate of drug-likeness (QED) is 0.637. The highest BCUT2D eigenvalue weighted by molar-refractivity contribution is 9.10. The first-order valence-corrected chi connectivity index (χ1v) is 9.28. The summed E-state index contributed by atoms with van der Waals surface area (Å²) in [7, 11) is 0. The van der Waals surface area contributed by atoms with Gasteiger partial charge in [0.15, 0.2) is 0 Å². The Morgan fingerprint density at radius 1 is 1.12 bits per heavy atom. The average molecular weight is 413 g/mol. The van der Waals surface area contributed by atoms with Gasteiger partial charge in [-0.2, -0.15) is 0 Å². The third kappa shape index (κ3) is 6.10. The maximum atomic E-state index is 9.25. The van der Waals surface area contributed by atoms with Crippen LogP contribution in [0.25, 0.3) is 0 Å². The molecule has 130 valence electrons. The molecule has 0 bridgehead atoms. The summed E-state index contributed by atoms with van der Waals surface area (Å²) < 4.78 is 7.05. The second kappa shape index (κ2) is 10.0. The van der Waals surface area contributed by atoms with Crippen LogP contribution in [-0.2, 0) is 13.2 Å². The van der Waals surface area contributed by atoms with Crippen molar-refractivity contribution in [1.82, 2.24) is 4.90 Å². The maximum absolute atomic E-state index is 9.25. The van der Waals surface area contributed by atoms with Gasteiger partial charge in [0.25, 0.3) is 0 Å². The van der Waals surface area contributed by atoms with Crippen LogP contribution in [0.4, 0.5) is 0 Å². The molecule has 0 aliphatic carbocycles. The Bertz CT molecular complexity index is 628. The van der Waals surface area contributed by atoms with Crippen molar-refractivity contribution in [3.05, 3.63) is 63.1 Å². The zero-order valence-electron chi connectivity index (χ0n) is 13.8. The number of ether oxygens (including phenoxy) is 1. The van der Waals surface area contributed by atoms with E-state index in [0.717, 1.165) is 45.9 Å². The van der Waals surface area contributed by atoms with Gasteiger partial charge in [-0.1, -0.05) is 46.6 Å². The Labute approximate surface area is 157 Å². The van der Waals surface area contributed by atoms with E-state index in [1.165, 1.54) is 0 Å². The monoisotopic (exact) mass is 411 g/mol. The van der Waals surface area contributed by atoms with Crippen LogP contribution in [0.2, 0.25) is 5.02 Å². The molecule has 2 aromatic rings. The number of halogens is 2. The van der Waals surface area contributed by atoms with Crippen LogP contribution in [0.15, 0.2) is 46.9 Å². The van der Waals surface area contributed by atoms with Crippen LogP contribution >= 0.6 is 27.5 Å². The van der Waals surface area contributed by atoms with Crippen molar-refractivity contribution in [2.45, 2.75) is 26.5 Å². The molecular formula is C19H23BrClNO2. The molecular weight excluding hydrogens is 390 g/mol. The summed E-state index contributed by atoms with van der Waals surface area (Å²) in [6, 6.07) is 13.7. The zero-order valence-corrected chi connectivity index (χ0v) is 16.2. The molecule has 0 atom stereocenters. The van der Waals surface area contributed by atoms with Gasteiger partial charge < -0.3 is 9.84 Å². The largest absolute Gasteiger partial charge is 0.489 e. The minimum atomic E-state index is 0.162. The molecule has 0 amide bonds. The first-order valence-electron chi connectivity index (χ1n) is 8.11. The highest BCUT2D eigenvalue weighted by Crippen LogP contribution is 2.26. The lowest BCUT2D eigenvalue weighted by Crippen LogP contribution is -2.27. The molecule has 2 rings (SSSR count). The van der Waals surface area contributed by atoms with Crippen molar-refractivity contribution in [2.24, 2.45) is 0 Å². The molecule has 0 aliphatic rings. The Morgan fingerprint density at radius 2 is 1.88 bits per heavy atom. The number of aliphatic hydroxyl groups excluding tert-OH is 1. The Balaban J connectivity index is 2.09. The standard InChI is InChI=1S/C19H23BrClNO2/c1-2-9-22(10-11-23)13-16-12-17(20)5-8-19(16)24-14-15-3-6-18(21)7-4-15/h3-8,12,23H,2,9-11,13-14H2,1H3. The molecule has 2 aromatic carbocycles. The van der Waals surface area contributed by atoms with E-state index < -0.39 is 0 Å². The van der Waals surface area contributed by atoms with E-state index in [4.69, 9.17) is 16.3 Å². The summed E-state index contributed by atoms with van der Waals surface area (Å²) in [4.78, 5) is 2.23. The molecule has 0 aliphatic heterocycles. The third-order valence-corrected chi connectivity index (χ3v) is 4.43. The lowest BCUT2D eigenvalue weighted by Gasteiger charge is -2.22. The average Bonchev–Trinajstić information content (AvgIpc) is 2.56. The highest BCUT2D eigenvalue weighted by Gasteiger charge is 2.10.